The van der Waals surface area contributed by atoms with Crippen molar-refractivity contribution in [2.75, 3.05) is 23.7 Å². The number of amides is 3. The predicted molar refractivity (Wildman–Crippen MR) is 188 cm³/mol. The fourth-order valence-electron chi connectivity index (χ4n) is 6.98. The van der Waals surface area contributed by atoms with Crippen LogP contribution in [-0.4, -0.2) is 61.0 Å². The number of fused-ring (bicyclic) bond motifs is 1. The molecule has 0 radical (unpaired) electrons. The minimum atomic E-state index is -1.01. The van der Waals surface area contributed by atoms with Crippen LogP contribution in [0.5, 0.6) is 11.6 Å². The molecule has 0 saturated carbocycles. The molecule has 2 saturated heterocycles. The Balaban J connectivity index is 1.02. The molecule has 0 bridgehead atoms. The van der Waals surface area contributed by atoms with E-state index in [9.17, 15) is 23.2 Å². The molecule has 2 aliphatic rings. The van der Waals surface area contributed by atoms with Crippen LogP contribution in [-0.2, 0) is 11.3 Å². The number of halogens is 2. The molecule has 12 nitrogen and oxygen atoms in total. The van der Waals surface area contributed by atoms with Crippen LogP contribution in [0.4, 0.5) is 25.1 Å². The molecule has 2 fully saturated rings. The van der Waals surface area contributed by atoms with E-state index < -0.39 is 34.7 Å². The number of pyridine rings is 1. The highest BCUT2D eigenvalue weighted by molar-refractivity contribution is 6.24. The Morgan fingerprint density at radius 3 is 2.46 bits per heavy atom. The molecule has 8 rings (SSSR count). The van der Waals surface area contributed by atoms with Gasteiger partial charge in [0.2, 0.25) is 17.4 Å². The molecule has 1 spiro atoms. The van der Waals surface area contributed by atoms with Gasteiger partial charge < -0.3 is 20.8 Å². The summed E-state index contributed by atoms with van der Waals surface area (Å²) in [4.78, 5) is 51.7. The van der Waals surface area contributed by atoms with E-state index in [2.05, 4.69) is 25.3 Å². The molecule has 14 heteroatoms. The van der Waals surface area contributed by atoms with Crippen LogP contribution in [0.1, 0.15) is 39.2 Å². The maximum Gasteiger partial charge on any atom is 0.329 e. The van der Waals surface area contributed by atoms with E-state index in [0.29, 0.717) is 59.5 Å². The van der Waals surface area contributed by atoms with Gasteiger partial charge in [0.25, 0.3) is 5.91 Å². The van der Waals surface area contributed by atoms with Gasteiger partial charge in [-0.1, -0.05) is 36.4 Å². The van der Waals surface area contributed by atoms with Gasteiger partial charge in [-0.2, -0.15) is 5.10 Å². The molecule has 4 N–H and O–H groups in total. The number of anilines is 2. The number of para-hydroxylation sites is 1. The minimum absolute atomic E-state index is 0.0433. The summed E-state index contributed by atoms with van der Waals surface area (Å²) < 4.78 is 34.9. The number of imide groups is 1. The lowest BCUT2D eigenvalue weighted by atomic mass is 9.98. The van der Waals surface area contributed by atoms with Crippen molar-refractivity contribution in [2.45, 2.75) is 32.4 Å². The molecular weight excluding hydrogens is 670 g/mol. The van der Waals surface area contributed by atoms with Gasteiger partial charge in [-0.3, -0.25) is 14.5 Å². The van der Waals surface area contributed by atoms with Crippen molar-refractivity contribution in [1.29, 1.82) is 0 Å². The number of aryl methyl sites for hydroxylation is 2. The third kappa shape index (κ3) is 5.53. The van der Waals surface area contributed by atoms with E-state index in [1.165, 1.54) is 34.1 Å². The van der Waals surface area contributed by atoms with Crippen LogP contribution in [0.25, 0.3) is 16.6 Å². The quantitative estimate of drug-likeness (QED) is 0.130. The van der Waals surface area contributed by atoms with Gasteiger partial charge in [-0.25, -0.2) is 28.1 Å². The second kappa shape index (κ2) is 12.4. The van der Waals surface area contributed by atoms with E-state index in [0.717, 1.165) is 17.7 Å². The van der Waals surface area contributed by atoms with E-state index in [-0.39, 0.29) is 28.9 Å². The van der Waals surface area contributed by atoms with Crippen molar-refractivity contribution >= 4 is 40.1 Å². The lowest BCUT2D eigenvalue weighted by Gasteiger charge is -2.22. The normalized spacial score (nSPS) is 17.4. The fourth-order valence-corrected chi connectivity index (χ4v) is 6.98. The lowest BCUT2D eigenvalue weighted by molar-refractivity contribution is -0.121. The van der Waals surface area contributed by atoms with E-state index in [4.69, 9.17) is 10.5 Å². The second-order valence-electron chi connectivity index (χ2n) is 13.2. The Bertz CT molecular complexity index is 2410. The molecular formula is C38H32F2N8O4. The molecule has 1 unspecified atom stereocenters. The first-order chi connectivity index (χ1) is 25.0. The minimum Gasteiger partial charge on any atom is -0.433 e. The zero-order chi connectivity index (χ0) is 36.3. The molecule has 1 atom stereocenters. The Kier molecular flexibility index (Phi) is 7.83. The van der Waals surface area contributed by atoms with Crippen molar-refractivity contribution in [3.63, 3.8) is 0 Å². The van der Waals surface area contributed by atoms with Crippen molar-refractivity contribution in [3.05, 3.63) is 125 Å². The summed E-state index contributed by atoms with van der Waals surface area (Å²) in [5.74, 6) is -3.05. The summed E-state index contributed by atoms with van der Waals surface area (Å²) in [5.41, 5.74) is 9.54. The number of hydrogen-bond acceptors (Lipinski definition) is 8. The van der Waals surface area contributed by atoms with Crippen molar-refractivity contribution in [2.24, 2.45) is 0 Å². The topological polar surface area (TPSA) is 151 Å². The first-order valence-electron chi connectivity index (χ1n) is 16.5. The van der Waals surface area contributed by atoms with Gasteiger partial charge in [0, 0.05) is 36.6 Å². The molecule has 3 amide bonds. The number of hydrogen-bond donors (Lipinski definition) is 3. The van der Waals surface area contributed by atoms with Gasteiger partial charge in [0.1, 0.15) is 11.4 Å². The van der Waals surface area contributed by atoms with Crippen LogP contribution in [0.15, 0.2) is 85.2 Å². The third-order valence-electron chi connectivity index (χ3n) is 9.64. The highest BCUT2D eigenvalue weighted by atomic mass is 19.1. The van der Waals surface area contributed by atoms with Gasteiger partial charge in [0.05, 0.1) is 35.0 Å². The smallest absolute Gasteiger partial charge is 0.329 e. The summed E-state index contributed by atoms with van der Waals surface area (Å²) in [6.07, 6.45) is 3.22. The lowest BCUT2D eigenvalue weighted by Crippen LogP contribution is -2.49. The maximum atomic E-state index is 14.1. The molecule has 3 aromatic heterocycles. The number of nitrogens with zero attached hydrogens (tertiary/aromatic N) is 5. The summed E-state index contributed by atoms with van der Waals surface area (Å²) >= 11 is 0. The number of likely N-dealkylation sites (tertiary alicyclic amines) is 1. The third-order valence-corrected chi connectivity index (χ3v) is 9.64. The number of nitrogens with one attached hydrogen (secondary N) is 2. The van der Waals surface area contributed by atoms with Crippen LogP contribution in [0.3, 0.4) is 0 Å². The molecule has 52 heavy (non-hydrogen) atoms. The Morgan fingerprint density at radius 2 is 1.71 bits per heavy atom. The average molecular weight is 703 g/mol. The number of benzene rings is 3. The summed E-state index contributed by atoms with van der Waals surface area (Å²) in [6, 6.07) is 19.6. The van der Waals surface area contributed by atoms with Gasteiger partial charge in [0.15, 0.2) is 11.6 Å². The number of H-pyrrole nitrogens is 1. The number of ketones is 1. The average Bonchev–Trinajstić information content (AvgIpc) is 3.88. The zero-order valence-corrected chi connectivity index (χ0v) is 28.1. The number of urea groups is 1. The number of rotatable bonds is 8. The van der Waals surface area contributed by atoms with Gasteiger partial charge >= 0.3 is 6.03 Å². The van der Waals surface area contributed by atoms with E-state index in [1.54, 1.807) is 19.1 Å². The summed E-state index contributed by atoms with van der Waals surface area (Å²) in [7, 11) is 0. The number of carbonyl (C=O) groups is 3. The van der Waals surface area contributed by atoms with E-state index >= 15 is 0 Å². The summed E-state index contributed by atoms with van der Waals surface area (Å²) in [5, 5.41) is 7.99. The highest BCUT2D eigenvalue weighted by Gasteiger charge is 2.55. The molecule has 0 aliphatic carbocycles. The van der Waals surface area contributed by atoms with Crippen molar-refractivity contribution in [1.82, 2.24) is 30.0 Å². The predicted octanol–water partition coefficient (Wildman–Crippen LogP) is 5.95. The first-order valence-corrected chi connectivity index (χ1v) is 16.5. The van der Waals surface area contributed by atoms with Crippen LogP contribution < -0.4 is 20.7 Å². The standard InChI is InChI=1S/C38H32F2N8O4/c1-21-13-24-15-29(33(49)25-17-43-48(35(25)41)31-18-42-32(14-22(31)2)52-34-26(39)9-6-10-27(34)40)44-28(24)16-30(21)47-36(50)38(45-37(47)51)11-12-46(20-38)19-23-7-4-3-5-8-23/h3-10,13-18,44H,11-12,19-20,41H2,1-2H3,(H,45,51). The molecule has 6 aromatic rings. The van der Waals surface area contributed by atoms with Gasteiger partial charge in [-0.05, 0) is 67.3 Å². The number of nitrogens with two attached hydrogens (primary N) is 1. The number of carbonyl (C=O) groups excluding carboxylic acids is 3. The van der Waals surface area contributed by atoms with Crippen LogP contribution in [0.2, 0.25) is 0 Å². The van der Waals surface area contributed by atoms with Crippen molar-refractivity contribution in [3.8, 4) is 17.3 Å². The first kappa shape index (κ1) is 32.8. The Labute approximate surface area is 295 Å². The molecule has 2 aliphatic heterocycles. The summed E-state index contributed by atoms with van der Waals surface area (Å²) in [6.45, 7) is 5.27. The van der Waals surface area contributed by atoms with Crippen LogP contribution in [0, 0.1) is 25.5 Å². The maximum absolute atomic E-state index is 14.1. The number of aromatic amines is 1. The monoisotopic (exact) mass is 702 g/mol. The Hall–Kier alpha value is -6.41. The number of nitrogen functional groups attached to an aromatic ring is 1. The molecule has 3 aromatic carbocycles. The highest BCUT2D eigenvalue weighted by Crippen LogP contribution is 2.36. The largest absolute Gasteiger partial charge is 0.433 e. The van der Waals surface area contributed by atoms with Crippen LogP contribution >= 0.6 is 0 Å². The van der Waals surface area contributed by atoms with Crippen molar-refractivity contribution < 1.29 is 27.9 Å². The van der Waals surface area contributed by atoms with Gasteiger partial charge in [-0.15, -0.1) is 0 Å². The Morgan fingerprint density at radius 1 is 0.962 bits per heavy atom. The fraction of sp³-hybridized carbons (Fsp3) is 0.184. The zero-order valence-electron chi connectivity index (χ0n) is 28.1. The SMILES string of the molecule is Cc1cc2cc(C(=O)c3cnn(-c4cnc(Oc5c(F)cccc5F)cc4C)c3N)[nH]c2cc1N1C(=O)NC2(CCN(Cc3ccccc3)C2)C1=O. The number of ether oxygens (including phenoxy) is 1. The molecule has 5 heterocycles. The number of aromatic nitrogens is 4. The van der Waals surface area contributed by atoms with E-state index in [1.807, 2.05) is 43.3 Å². The molecule has 262 valence electrons. The second-order valence-corrected chi connectivity index (χ2v) is 13.2.